The van der Waals surface area contributed by atoms with Crippen LogP contribution in [0, 0.1) is 0 Å². The summed E-state index contributed by atoms with van der Waals surface area (Å²) in [5, 5.41) is 3.69. The van der Waals surface area contributed by atoms with Gasteiger partial charge in [0.1, 0.15) is 5.82 Å². The first-order valence-corrected chi connectivity index (χ1v) is 8.53. The van der Waals surface area contributed by atoms with Gasteiger partial charge in [0.25, 0.3) is 5.56 Å². The van der Waals surface area contributed by atoms with Crippen LogP contribution in [0.5, 0.6) is 0 Å². The van der Waals surface area contributed by atoms with Crippen LogP contribution in [0.2, 0.25) is 0 Å². The molecule has 1 amide bonds. The van der Waals surface area contributed by atoms with E-state index in [1.807, 2.05) is 37.1 Å². The maximum atomic E-state index is 12.4. The van der Waals surface area contributed by atoms with Gasteiger partial charge in [-0.3, -0.25) is 14.5 Å². The summed E-state index contributed by atoms with van der Waals surface area (Å²) in [5.74, 6) is 0.606. The van der Waals surface area contributed by atoms with E-state index in [0.717, 1.165) is 12.8 Å². The number of amides is 1. The van der Waals surface area contributed by atoms with Crippen LogP contribution in [0.25, 0.3) is 10.9 Å². The molecule has 0 radical (unpaired) electrons. The molecule has 1 fully saturated rings. The summed E-state index contributed by atoms with van der Waals surface area (Å²) in [6.45, 7) is 2.29. The lowest BCUT2D eigenvalue weighted by atomic mass is 10.2. The fourth-order valence-corrected chi connectivity index (χ4v) is 3.18. The van der Waals surface area contributed by atoms with Crippen LogP contribution in [0.3, 0.4) is 0 Å². The molecule has 1 aliphatic carbocycles. The van der Waals surface area contributed by atoms with E-state index in [4.69, 9.17) is 0 Å². The van der Waals surface area contributed by atoms with Gasteiger partial charge in [-0.2, -0.15) is 0 Å². The molecule has 24 heavy (non-hydrogen) atoms. The van der Waals surface area contributed by atoms with Crippen molar-refractivity contribution in [2.75, 3.05) is 7.05 Å². The van der Waals surface area contributed by atoms with Gasteiger partial charge in [-0.15, -0.1) is 0 Å². The van der Waals surface area contributed by atoms with Crippen molar-refractivity contribution in [2.45, 2.75) is 51.2 Å². The van der Waals surface area contributed by atoms with Crippen LogP contribution < -0.4 is 10.9 Å². The zero-order chi connectivity index (χ0) is 17.1. The molecule has 0 bridgehead atoms. The predicted molar refractivity (Wildman–Crippen MR) is 93.7 cm³/mol. The average molecular weight is 328 g/mol. The Hall–Kier alpha value is -2.21. The number of carbonyl (C=O) groups excluding carboxylic acids is 1. The molecule has 3 rings (SSSR count). The number of nitrogens with zero attached hydrogens (tertiary/aromatic N) is 2. The number of nitrogens with one attached hydrogen (secondary N) is 2. The maximum Gasteiger partial charge on any atom is 0.258 e. The monoisotopic (exact) mass is 328 g/mol. The molecule has 1 aromatic heterocycles. The number of aromatic amines is 1. The molecular formula is C18H24N4O2. The van der Waals surface area contributed by atoms with Crippen molar-refractivity contribution in [1.82, 2.24) is 20.2 Å². The molecule has 128 valence electrons. The zero-order valence-electron chi connectivity index (χ0n) is 14.2. The topological polar surface area (TPSA) is 78.1 Å². The number of fused-ring (bicyclic) bond motifs is 1. The second-order valence-electron chi connectivity index (χ2n) is 6.61. The predicted octanol–water partition coefficient (Wildman–Crippen LogP) is 1.80. The summed E-state index contributed by atoms with van der Waals surface area (Å²) >= 11 is 0. The Morgan fingerprint density at radius 1 is 1.38 bits per heavy atom. The van der Waals surface area contributed by atoms with E-state index in [1.165, 1.54) is 12.8 Å². The van der Waals surface area contributed by atoms with Gasteiger partial charge >= 0.3 is 0 Å². The summed E-state index contributed by atoms with van der Waals surface area (Å²) in [4.78, 5) is 33.7. The summed E-state index contributed by atoms with van der Waals surface area (Å²) in [6.07, 6.45) is 4.53. The van der Waals surface area contributed by atoms with Crippen molar-refractivity contribution in [1.29, 1.82) is 0 Å². The van der Waals surface area contributed by atoms with Gasteiger partial charge in [0, 0.05) is 6.04 Å². The number of aromatic nitrogens is 2. The summed E-state index contributed by atoms with van der Waals surface area (Å²) in [5.41, 5.74) is 0.528. The summed E-state index contributed by atoms with van der Waals surface area (Å²) in [7, 11) is 1.87. The van der Waals surface area contributed by atoms with E-state index < -0.39 is 0 Å². The molecule has 0 unspecified atom stereocenters. The summed E-state index contributed by atoms with van der Waals surface area (Å²) < 4.78 is 0. The Kier molecular flexibility index (Phi) is 4.94. The van der Waals surface area contributed by atoms with Crippen LogP contribution in [0.15, 0.2) is 29.1 Å². The van der Waals surface area contributed by atoms with Crippen molar-refractivity contribution in [3.63, 3.8) is 0 Å². The third-order valence-electron chi connectivity index (χ3n) is 4.80. The number of hydrogen-bond donors (Lipinski definition) is 2. The Labute approximate surface area is 141 Å². The van der Waals surface area contributed by atoms with Gasteiger partial charge in [-0.05, 0) is 38.9 Å². The third kappa shape index (κ3) is 3.64. The normalized spacial score (nSPS) is 16.6. The zero-order valence-corrected chi connectivity index (χ0v) is 14.2. The first-order valence-electron chi connectivity index (χ1n) is 8.53. The third-order valence-corrected chi connectivity index (χ3v) is 4.80. The van der Waals surface area contributed by atoms with Gasteiger partial charge in [0.2, 0.25) is 5.91 Å². The number of likely N-dealkylation sites (N-methyl/N-ethyl adjacent to an activating group) is 1. The summed E-state index contributed by atoms with van der Waals surface area (Å²) in [6, 6.07) is 7.30. The van der Waals surface area contributed by atoms with Crippen LogP contribution in [-0.4, -0.2) is 39.9 Å². The van der Waals surface area contributed by atoms with Crippen molar-refractivity contribution >= 4 is 16.8 Å². The quantitative estimate of drug-likeness (QED) is 0.877. The molecule has 1 saturated carbocycles. The highest BCUT2D eigenvalue weighted by atomic mass is 16.2. The fourth-order valence-electron chi connectivity index (χ4n) is 3.18. The molecule has 2 N–H and O–H groups in total. The van der Waals surface area contributed by atoms with E-state index in [0.29, 0.717) is 29.3 Å². The molecular weight excluding hydrogens is 304 g/mol. The molecule has 1 aliphatic rings. The van der Waals surface area contributed by atoms with Crippen molar-refractivity contribution in [3.05, 3.63) is 40.4 Å². The first-order chi connectivity index (χ1) is 11.5. The molecule has 2 aromatic rings. The highest BCUT2D eigenvalue weighted by molar-refractivity contribution is 5.81. The van der Waals surface area contributed by atoms with Crippen molar-refractivity contribution < 1.29 is 4.79 Å². The Balaban J connectivity index is 1.68. The molecule has 1 atom stereocenters. The van der Waals surface area contributed by atoms with Gasteiger partial charge < -0.3 is 10.3 Å². The van der Waals surface area contributed by atoms with Crippen molar-refractivity contribution in [3.8, 4) is 0 Å². The van der Waals surface area contributed by atoms with Crippen LogP contribution in [-0.2, 0) is 11.3 Å². The lowest BCUT2D eigenvalue weighted by Gasteiger charge is -2.25. The van der Waals surface area contributed by atoms with E-state index >= 15 is 0 Å². The molecule has 1 aromatic carbocycles. The molecule has 6 heteroatoms. The van der Waals surface area contributed by atoms with Crippen LogP contribution in [0.1, 0.15) is 38.4 Å². The Morgan fingerprint density at radius 3 is 2.83 bits per heavy atom. The van der Waals surface area contributed by atoms with Crippen molar-refractivity contribution in [2.24, 2.45) is 0 Å². The number of H-pyrrole nitrogens is 1. The molecule has 0 saturated heterocycles. The standard InChI is InChI=1S/C18H24N4O2/c1-12(17(23)19-13-7-3-4-8-13)22(2)11-16-20-15-10-6-5-9-14(15)18(24)21-16/h5-6,9-10,12-13H,3-4,7-8,11H2,1-2H3,(H,19,23)(H,20,21,24)/t12-/m0/s1. The Morgan fingerprint density at radius 2 is 2.08 bits per heavy atom. The number of para-hydroxylation sites is 1. The second kappa shape index (κ2) is 7.13. The smallest absolute Gasteiger partial charge is 0.258 e. The first kappa shape index (κ1) is 16.6. The maximum absolute atomic E-state index is 12.4. The van der Waals surface area contributed by atoms with E-state index in [-0.39, 0.29) is 17.5 Å². The molecule has 0 spiro atoms. The van der Waals surface area contributed by atoms with Gasteiger partial charge in [0.15, 0.2) is 0 Å². The number of rotatable bonds is 5. The number of benzene rings is 1. The lowest BCUT2D eigenvalue weighted by molar-refractivity contribution is -0.126. The number of hydrogen-bond acceptors (Lipinski definition) is 4. The van der Waals surface area contributed by atoms with E-state index in [2.05, 4.69) is 15.3 Å². The minimum atomic E-state index is -0.276. The Bertz CT molecular complexity index is 780. The van der Waals surface area contributed by atoms with Gasteiger partial charge in [0.05, 0.1) is 23.5 Å². The van der Waals surface area contributed by atoms with E-state index in [9.17, 15) is 9.59 Å². The van der Waals surface area contributed by atoms with Crippen LogP contribution >= 0.6 is 0 Å². The molecule has 0 aliphatic heterocycles. The van der Waals surface area contributed by atoms with Crippen LogP contribution in [0.4, 0.5) is 0 Å². The lowest BCUT2D eigenvalue weighted by Crippen LogP contribution is -2.46. The minimum absolute atomic E-state index is 0.0348. The minimum Gasteiger partial charge on any atom is -0.352 e. The molecule has 1 heterocycles. The van der Waals surface area contributed by atoms with Gasteiger partial charge in [-0.1, -0.05) is 25.0 Å². The largest absolute Gasteiger partial charge is 0.352 e. The highest BCUT2D eigenvalue weighted by Crippen LogP contribution is 2.18. The highest BCUT2D eigenvalue weighted by Gasteiger charge is 2.23. The fraction of sp³-hybridized carbons (Fsp3) is 0.500. The SMILES string of the molecule is C[C@@H](C(=O)NC1CCCC1)N(C)Cc1nc2ccccc2c(=O)[nH]1. The van der Waals surface area contributed by atoms with E-state index in [1.54, 1.807) is 6.07 Å². The number of carbonyl (C=O) groups is 1. The van der Waals surface area contributed by atoms with Gasteiger partial charge in [-0.25, -0.2) is 4.98 Å². The molecule has 6 nitrogen and oxygen atoms in total. The second-order valence-corrected chi connectivity index (χ2v) is 6.61. The average Bonchev–Trinajstić information content (AvgIpc) is 3.07.